The molecule has 0 spiro atoms. The van der Waals surface area contributed by atoms with Crippen LogP contribution in [0.2, 0.25) is 0 Å². The third-order valence-corrected chi connectivity index (χ3v) is 3.02. The second-order valence-electron chi connectivity index (χ2n) is 4.42. The summed E-state index contributed by atoms with van der Waals surface area (Å²) in [6.07, 6.45) is 0.309. The van der Waals surface area contributed by atoms with Crippen molar-refractivity contribution in [3.05, 3.63) is 71.8 Å². The van der Waals surface area contributed by atoms with E-state index in [0.29, 0.717) is 18.6 Å². The van der Waals surface area contributed by atoms with Crippen molar-refractivity contribution in [2.24, 2.45) is 0 Å². The number of benzene rings is 2. The van der Waals surface area contributed by atoms with E-state index in [2.05, 4.69) is 0 Å². The lowest BCUT2D eigenvalue weighted by Crippen LogP contribution is -2.23. The first-order valence-electron chi connectivity index (χ1n) is 6.56. The molecule has 0 fully saturated rings. The molecular weight excluding hydrogens is 236 g/mol. The molecule has 0 heterocycles. The summed E-state index contributed by atoms with van der Waals surface area (Å²) in [5.41, 5.74) is 1.80. The predicted molar refractivity (Wildman–Crippen MR) is 76.1 cm³/mol. The zero-order valence-corrected chi connectivity index (χ0v) is 11.1. The van der Waals surface area contributed by atoms with Gasteiger partial charge >= 0.3 is 0 Å². The SMILES string of the molecule is CCC(OCc1ccccc1)C(=O)c1ccccc1. The molecule has 0 aliphatic heterocycles. The van der Waals surface area contributed by atoms with Crippen molar-refractivity contribution in [1.82, 2.24) is 0 Å². The largest absolute Gasteiger partial charge is 0.365 e. The minimum absolute atomic E-state index is 0.0547. The molecule has 0 amide bonds. The first kappa shape index (κ1) is 13.5. The van der Waals surface area contributed by atoms with E-state index < -0.39 is 0 Å². The highest BCUT2D eigenvalue weighted by Crippen LogP contribution is 2.12. The maximum absolute atomic E-state index is 12.3. The topological polar surface area (TPSA) is 26.3 Å². The molecule has 0 radical (unpaired) electrons. The number of ketones is 1. The molecule has 1 unspecified atom stereocenters. The predicted octanol–water partition coefficient (Wildman–Crippen LogP) is 3.86. The van der Waals surface area contributed by atoms with Crippen LogP contribution in [-0.2, 0) is 11.3 Å². The number of rotatable bonds is 6. The zero-order valence-electron chi connectivity index (χ0n) is 11.1. The molecule has 2 rings (SSSR count). The van der Waals surface area contributed by atoms with Crippen molar-refractivity contribution in [3.63, 3.8) is 0 Å². The first-order chi connectivity index (χ1) is 9.31. The molecule has 0 bridgehead atoms. The van der Waals surface area contributed by atoms with Gasteiger partial charge in [-0.25, -0.2) is 0 Å². The Hall–Kier alpha value is -1.93. The van der Waals surface area contributed by atoms with E-state index in [1.165, 1.54) is 0 Å². The Morgan fingerprint density at radius 2 is 1.58 bits per heavy atom. The highest BCUT2D eigenvalue weighted by Gasteiger charge is 2.18. The second-order valence-corrected chi connectivity index (χ2v) is 4.42. The van der Waals surface area contributed by atoms with E-state index in [0.717, 1.165) is 5.56 Å². The Bertz CT molecular complexity index is 505. The Labute approximate surface area is 114 Å². The van der Waals surface area contributed by atoms with Gasteiger partial charge < -0.3 is 4.74 Å². The third-order valence-electron chi connectivity index (χ3n) is 3.02. The van der Waals surface area contributed by atoms with Gasteiger partial charge in [-0.15, -0.1) is 0 Å². The normalized spacial score (nSPS) is 12.1. The lowest BCUT2D eigenvalue weighted by Gasteiger charge is -2.15. The molecule has 0 aliphatic rings. The average molecular weight is 254 g/mol. The van der Waals surface area contributed by atoms with Crippen LogP contribution in [0, 0.1) is 0 Å². The van der Waals surface area contributed by atoms with E-state index in [-0.39, 0.29) is 11.9 Å². The van der Waals surface area contributed by atoms with Gasteiger partial charge in [0.2, 0.25) is 0 Å². The number of carbonyl (C=O) groups is 1. The molecule has 0 saturated heterocycles. The first-order valence-corrected chi connectivity index (χ1v) is 6.56. The fourth-order valence-electron chi connectivity index (χ4n) is 1.94. The Kier molecular flexibility index (Phi) is 4.87. The quantitative estimate of drug-likeness (QED) is 0.732. The van der Waals surface area contributed by atoms with Crippen LogP contribution in [0.5, 0.6) is 0 Å². The number of carbonyl (C=O) groups excluding carboxylic acids is 1. The summed E-state index contributed by atoms with van der Waals surface area (Å²) in [7, 11) is 0. The summed E-state index contributed by atoms with van der Waals surface area (Å²) in [6, 6.07) is 19.2. The highest BCUT2D eigenvalue weighted by molar-refractivity contribution is 5.99. The summed E-state index contributed by atoms with van der Waals surface area (Å²) < 4.78 is 5.74. The van der Waals surface area contributed by atoms with E-state index in [4.69, 9.17) is 4.74 Å². The minimum Gasteiger partial charge on any atom is -0.365 e. The van der Waals surface area contributed by atoms with Crippen LogP contribution in [0.3, 0.4) is 0 Å². The monoisotopic (exact) mass is 254 g/mol. The van der Waals surface area contributed by atoms with E-state index in [1.807, 2.05) is 67.6 Å². The summed E-state index contributed by atoms with van der Waals surface area (Å²) in [5, 5.41) is 0. The van der Waals surface area contributed by atoms with Gasteiger partial charge in [-0.05, 0) is 12.0 Å². The fraction of sp³-hybridized carbons (Fsp3) is 0.235. The van der Waals surface area contributed by atoms with Crippen molar-refractivity contribution < 1.29 is 9.53 Å². The van der Waals surface area contributed by atoms with Gasteiger partial charge in [0.15, 0.2) is 5.78 Å². The lowest BCUT2D eigenvalue weighted by molar-refractivity contribution is 0.0326. The maximum Gasteiger partial charge on any atom is 0.191 e. The minimum atomic E-state index is -0.373. The van der Waals surface area contributed by atoms with Gasteiger partial charge in [0.1, 0.15) is 6.10 Å². The average Bonchev–Trinajstić information content (AvgIpc) is 2.49. The van der Waals surface area contributed by atoms with Gasteiger partial charge in [-0.1, -0.05) is 67.6 Å². The van der Waals surface area contributed by atoms with Crippen LogP contribution in [0.4, 0.5) is 0 Å². The summed E-state index contributed by atoms with van der Waals surface area (Å²) in [6.45, 7) is 2.44. The molecule has 0 aromatic heterocycles. The Morgan fingerprint density at radius 1 is 1.00 bits per heavy atom. The molecule has 2 aromatic carbocycles. The van der Waals surface area contributed by atoms with Crippen molar-refractivity contribution in [3.8, 4) is 0 Å². The van der Waals surface area contributed by atoms with Crippen LogP contribution < -0.4 is 0 Å². The van der Waals surface area contributed by atoms with Crippen LogP contribution in [0.25, 0.3) is 0 Å². The molecule has 98 valence electrons. The number of ether oxygens (including phenoxy) is 1. The van der Waals surface area contributed by atoms with Crippen molar-refractivity contribution in [1.29, 1.82) is 0 Å². The number of Topliss-reactive ketones (excluding diaryl/α,β-unsaturated/α-hetero) is 1. The van der Waals surface area contributed by atoms with Gasteiger partial charge in [-0.2, -0.15) is 0 Å². The molecule has 2 aromatic rings. The maximum atomic E-state index is 12.3. The van der Waals surface area contributed by atoms with Crippen LogP contribution in [0.1, 0.15) is 29.3 Å². The summed E-state index contributed by atoms with van der Waals surface area (Å²) >= 11 is 0. The smallest absolute Gasteiger partial charge is 0.191 e. The fourth-order valence-corrected chi connectivity index (χ4v) is 1.94. The Balaban J connectivity index is 1.99. The highest BCUT2D eigenvalue weighted by atomic mass is 16.5. The van der Waals surface area contributed by atoms with E-state index >= 15 is 0 Å². The van der Waals surface area contributed by atoms with Crippen LogP contribution in [-0.4, -0.2) is 11.9 Å². The van der Waals surface area contributed by atoms with Gasteiger partial charge in [0.05, 0.1) is 6.61 Å². The number of hydrogen-bond acceptors (Lipinski definition) is 2. The standard InChI is InChI=1S/C17H18O2/c1-2-16(17(18)15-11-7-4-8-12-15)19-13-14-9-5-3-6-10-14/h3-12,16H,2,13H2,1H3. The summed E-state index contributed by atoms with van der Waals surface area (Å²) in [5.74, 6) is 0.0547. The van der Waals surface area contributed by atoms with Gasteiger partial charge in [0, 0.05) is 5.56 Å². The molecule has 2 nitrogen and oxygen atoms in total. The van der Waals surface area contributed by atoms with Crippen molar-refractivity contribution in [2.45, 2.75) is 26.1 Å². The van der Waals surface area contributed by atoms with E-state index in [9.17, 15) is 4.79 Å². The third kappa shape index (κ3) is 3.76. The summed E-state index contributed by atoms with van der Waals surface area (Å²) in [4.78, 5) is 12.3. The van der Waals surface area contributed by atoms with Gasteiger partial charge in [0.25, 0.3) is 0 Å². The zero-order chi connectivity index (χ0) is 13.5. The molecule has 0 N–H and O–H groups in total. The molecule has 1 atom stereocenters. The van der Waals surface area contributed by atoms with Crippen LogP contribution >= 0.6 is 0 Å². The number of hydrogen-bond donors (Lipinski definition) is 0. The molecule has 0 aliphatic carbocycles. The van der Waals surface area contributed by atoms with Crippen molar-refractivity contribution in [2.75, 3.05) is 0 Å². The van der Waals surface area contributed by atoms with Crippen LogP contribution in [0.15, 0.2) is 60.7 Å². The molecule has 0 saturated carbocycles. The molecular formula is C17H18O2. The molecule has 2 heteroatoms. The van der Waals surface area contributed by atoms with E-state index in [1.54, 1.807) is 0 Å². The molecule has 19 heavy (non-hydrogen) atoms. The lowest BCUT2D eigenvalue weighted by atomic mass is 10.0. The second kappa shape index (κ2) is 6.86. The van der Waals surface area contributed by atoms with Gasteiger partial charge in [-0.3, -0.25) is 4.79 Å². The van der Waals surface area contributed by atoms with Crippen molar-refractivity contribution >= 4 is 5.78 Å². The Morgan fingerprint density at radius 3 is 2.16 bits per heavy atom.